The normalized spacial score (nSPS) is 25.1. The zero-order valence-electron chi connectivity index (χ0n) is 15.3. The van der Waals surface area contributed by atoms with Gasteiger partial charge in [-0.2, -0.15) is 15.0 Å². The summed E-state index contributed by atoms with van der Waals surface area (Å²) in [6.45, 7) is 0. The molecule has 2 aliphatic carbocycles. The van der Waals surface area contributed by atoms with Gasteiger partial charge in [-0.3, -0.25) is 0 Å². The number of rotatable bonds is 5. The lowest BCUT2D eigenvalue weighted by atomic mass is 10.2. The molecule has 0 bridgehead atoms. The molecule has 4 rings (SSSR count). The highest BCUT2D eigenvalue weighted by molar-refractivity contribution is 6.29. The molecular weight excluding hydrogens is 412 g/mol. The van der Waals surface area contributed by atoms with Gasteiger partial charge in [0.05, 0.1) is 0 Å². The summed E-state index contributed by atoms with van der Waals surface area (Å²) >= 11 is 5.93. The van der Waals surface area contributed by atoms with Gasteiger partial charge in [-0.05, 0) is 25.0 Å². The number of halogens is 5. The van der Waals surface area contributed by atoms with Gasteiger partial charge in [0.15, 0.2) is 5.82 Å². The highest BCUT2D eigenvalue weighted by Gasteiger charge is 2.41. The van der Waals surface area contributed by atoms with Crippen molar-refractivity contribution < 1.29 is 17.6 Å². The average molecular weight is 431 g/mol. The first kappa shape index (κ1) is 20.1. The smallest absolute Gasteiger partial charge is 0.250 e. The monoisotopic (exact) mass is 430 g/mol. The van der Waals surface area contributed by atoms with E-state index in [-0.39, 0.29) is 61.4 Å². The minimum absolute atomic E-state index is 0.0896. The van der Waals surface area contributed by atoms with Gasteiger partial charge in [0, 0.05) is 37.8 Å². The molecule has 2 saturated carbocycles. The van der Waals surface area contributed by atoms with E-state index in [0.29, 0.717) is 5.69 Å². The molecule has 6 nitrogen and oxygen atoms in total. The van der Waals surface area contributed by atoms with Crippen molar-refractivity contribution in [3.05, 3.63) is 23.4 Å². The van der Waals surface area contributed by atoms with Gasteiger partial charge in [0.2, 0.25) is 23.7 Å². The number of pyridine rings is 1. The minimum Gasteiger partial charge on any atom is -0.351 e. The summed E-state index contributed by atoms with van der Waals surface area (Å²) in [5.74, 6) is -5.10. The summed E-state index contributed by atoms with van der Waals surface area (Å²) in [6, 6.07) is 3.92. The number of alkyl halides is 4. The van der Waals surface area contributed by atoms with Crippen LogP contribution < -0.4 is 10.6 Å². The standard InChI is InChI=1S/C18H19ClF4N6/c19-13-3-1-2-12(26-13)14-27-15(24-10-4-6-17(20,21)8-10)29-16(28-14)25-11-5-7-18(22,23)9-11/h1-3,10-11H,4-9H2,(H2,24,25,27,28,29)/t10-,11-/m0/s1. The van der Waals surface area contributed by atoms with Gasteiger partial charge in [-0.25, -0.2) is 22.5 Å². The molecule has 2 N–H and O–H groups in total. The van der Waals surface area contributed by atoms with Crippen molar-refractivity contribution in [3.63, 3.8) is 0 Å². The van der Waals surface area contributed by atoms with Gasteiger partial charge in [-0.1, -0.05) is 17.7 Å². The van der Waals surface area contributed by atoms with Crippen molar-refractivity contribution in [1.29, 1.82) is 0 Å². The molecule has 0 aliphatic heterocycles. The predicted molar refractivity (Wildman–Crippen MR) is 100 cm³/mol. The van der Waals surface area contributed by atoms with Crippen LogP contribution >= 0.6 is 11.6 Å². The fourth-order valence-corrected chi connectivity index (χ4v) is 3.83. The zero-order valence-corrected chi connectivity index (χ0v) is 16.1. The van der Waals surface area contributed by atoms with Crippen molar-refractivity contribution >= 4 is 23.5 Å². The Morgan fingerprint density at radius 2 is 1.38 bits per heavy atom. The number of nitrogens with one attached hydrogen (secondary N) is 2. The third-order valence-electron chi connectivity index (χ3n) is 5.05. The van der Waals surface area contributed by atoms with Crippen LogP contribution in [0.4, 0.5) is 29.5 Å². The highest BCUT2D eigenvalue weighted by Crippen LogP contribution is 2.37. The molecular formula is C18H19ClF4N6. The molecule has 0 aromatic carbocycles. The maximum absolute atomic E-state index is 13.5. The van der Waals surface area contributed by atoms with E-state index < -0.39 is 23.9 Å². The molecule has 2 atom stereocenters. The maximum atomic E-state index is 13.5. The van der Waals surface area contributed by atoms with Crippen LogP contribution in [0.1, 0.15) is 38.5 Å². The molecule has 29 heavy (non-hydrogen) atoms. The van der Waals surface area contributed by atoms with E-state index in [0.717, 1.165) is 0 Å². The molecule has 2 aromatic heterocycles. The molecule has 0 radical (unpaired) electrons. The number of aromatic nitrogens is 4. The average Bonchev–Trinajstić information content (AvgIpc) is 3.15. The predicted octanol–water partition coefficient (Wildman–Crippen LogP) is 4.79. The third-order valence-corrected chi connectivity index (χ3v) is 5.26. The van der Waals surface area contributed by atoms with Gasteiger partial charge >= 0.3 is 0 Å². The zero-order chi connectivity index (χ0) is 20.6. The molecule has 0 saturated heterocycles. The van der Waals surface area contributed by atoms with Crippen LogP contribution in [-0.4, -0.2) is 43.9 Å². The molecule has 2 heterocycles. The van der Waals surface area contributed by atoms with E-state index >= 15 is 0 Å². The van der Waals surface area contributed by atoms with Crippen LogP contribution in [0.15, 0.2) is 18.2 Å². The number of anilines is 2. The fourth-order valence-electron chi connectivity index (χ4n) is 3.66. The van der Waals surface area contributed by atoms with Gasteiger partial charge in [-0.15, -0.1) is 0 Å². The van der Waals surface area contributed by atoms with E-state index in [9.17, 15) is 17.6 Å². The Hall–Kier alpha value is -2.23. The second kappa shape index (κ2) is 7.55. The van der Waals surface area contributed by atoms with E-state index in [4.69, 9.17) is 11.6 Å². The number of nitrogens with zero attached hydrogens (tertiary/aromatic N) is 4. The Kier molecular flexibility index (Phi) is 5.22. The van der Waals surface area contributed by atoms with Gasteiger partial charge in [0.1, 0.15) is 10.8 Å². The summed E-state index contributed by atoms with van der Waals surface area (Å²) in [6.07, 6.45) is -0.494. The summed E-state index contributed by atoms with van der Waals surface area (Å²) in [7, 11) is 0. The molecule has 2 aliphatic rings. The molecule has 2 fully saturated rings. The van der Waals surface area contributed by atoms with Crippen molar-refractivity contribution in [2.45, 2.75) is 62.5 Å². The lowest BCUT2D eigenvalue weighted by Crippen LogP contribution is -2.23. The van der Waals surface area contributed by atoms with E-state index in [1.807, 2.05) is 0 Å². The van der Waals surface area contributed by atoms with Crippen LogP contribution in [0.5, 0.6) is 0 Å². The van der Waals surface area contributed by atoms with Crippen molar-refractivity contribution in [3.8, 4) is 11.5 Å². The molecule has 156 valence electrons. The van der Waals surface area contributed by atoms with Crippen LogP contribution in [0.25, 0.3) is 11.5 Å². The lowest BCUT2D eigenvalue weighted by Gasteiger charge is -2.16. The van der Waals surface area contributed by atoms with Crippen LogP contribution in [-0.2, 0) is 0 Å². The molecule has 2 aromatic rings. The molecule has 11 heteroatoms. The second-order valence-corrected chi connectivity index (χ2v) is 7.92. The van der Waals surface area contributed by atoms with Crippen molar-refractivity contribution in [1.82, 2.24) is 19.9 Å². The van der Waals surface area contributed by atoms with E-state index in [1.54, 1.807) is 18.2 Å². The number of hydrogen-bond donors (Lipinski definition) is 2. The first-order chi connectivity index (χ1) is 13.7. The SMILES string of the molecule is FC1(F)CC[C@H](Nc2nc(N[C@H]3CCC(F)(F)C3)nc(-c3cccc(Cl)n3)n2)C1. The summed E-state index contributed by atoms with van der Waals surface area (Å²) in [4.78, 5) is 16.9. The summed E-state index contributed by atoms with van der Waals surface area (Å²) < 4.78 is 54.0. The molecule has 0 amide bonds. The maximum Gasteiger partial charge on any atom is 0.250 e. The van der Waals surface area contributed by atoms with Crippen molar-refractivity contribution in [2.75, 3.05) is 10.6 Å². The molecule has 0 spiro atoms. The summed E-state index contributed by atoms with van der Waals surface area (Å²) in [5.41, 5.74) is 0.361. The van der Waals surface area contributed by atoms with Gasteiger partial charge in [0.25, 0.3) is 0 Å². The Morgan fingerprint density at radius 1 is 0.828 bits per heavy atom. The minimum atomic E-state index is -2.72. The summed E-state index contributed by atoms with van der Waals surface area (Å²) in [5, 5.41) is 6.06. The Morgan fingerprint density at radius 3 is 1.83 bits per heavy atom. The first-order valence-corrected chi connectivity index (χ1v) is 9.73. The van der Waals surface area contributed by atoms with Crippen LogP contribution in [0.2, 0.25) is 5.15 Å². The Bertz CT molecular complexity index is 850. The van der Waals surface area contributed by atoms with Crippen LogP contribution in [0, 0.1) is 0 Å². The van der Waals surface area contributed by atoms with E-state index in [2.05, 4.69) is 30.6 Å². The first-order valence-electron chi connectivity index (χ1n) is 9.35. The van der Waals surface area contributed by atoms with Gasteiger partial charge < -0.3 is 10.6 Å². The third kappa shape index (κ3) is 5.04. The lowest BCUT2D eigenvalue weighted by molar-refractivity contribution is 0.00781. The number of hydrogen-bond acceptors (Lipinski definition) is 6. The topological polar surface area (TPSA) is 75.6 Å². The second-order valence-electron chi connectivity index (χ2n) is 7.53. The van der Waals surface area contributed by atoms with E-state index in [1.165, 1.54) is 0 Å². The quantitative estimate of drug-likeness (QED) is 0.525. The largest absolute Gasteiger partial charge is 0.351 e. The Labute approximate surface area is 169 Å². The van der Waals surface area contributed by atoms with Crippen molar-refractivity contribution in [2.24, 2.45) is 0 Å². The Balaban J connectivity index is 1.60. The van der Waals surface area contributed by atoms with Crippen LogP contribution in [0.3, 0.4) is 0 Å². The fraction of sp³-hybridized carbons (Fsp3) is 0.556. The highest BCUT2D eigenvalue weighted by atomic mass is 35.5. The molecule has 0 unspecified atom stereocenters.